The van der Waals surface area contributed by atoms with Gasteiger partial charge in [-0.2, -0.15) is 11.8 Å². The van der Waals surface area contributed by atoms with Crippen molar-refractivity contribution in [3.8, 4) is 0 Å². The van der Waals surface area contributed by atoms with Gasteiger partial charge in [0.2, 0.25) is 5.91 Å². The number of aliphatic hydroxyl groups is 1. The molecule has 3 atom stereocenters. The maximum absolute atomic E-state index is 12.4. The minimum atomic E-state index is -0.346. The SMILES string of the molecule is CSC(CO)C(C)NC(=O)C(C)n1cnc2ccccc21. The van der Waals surface area contributed by atoms with Crippen molar-refractivity contribution in [1.82, 2.24) is 14.9 Å². The molecule has 5 nitrogen and oxygen atoms in total. The van der Waals surface area contributed by atoms with Crippen molar-refractivity contribution in [3.05, 3.63) is 30.6 Å². The number of para-hydroxylation sites is 2. The third kappa shape index (κ3) is 3.39. The summed E-state index contributed by atoms with van der Waals surface area (Å²) in [6.45, 7) is 3.81. The van der Waals surface area contributed by atoms with E-state index in [1.807, 2.05) is 48.9 Å². The number of carbonyl (C=O) groups is 1. The van der Waals surface area contributed by atoms with E-state index in [0.29, 0.717) is 0 Å². The van der Waals surface area contributed by atoms with Gasteiger partial charge in [0.05, 0.1) is 24.0 Å². The van der Waals surface area contributed by atoms with Gasteiger partial charge in [-0.3, -0.25) is 4.79 Å². The predicted octanol–water partition coefficient (Wildman–Crippen LogP) is 1.83. The third-order valence-corrected chi connectivity index (χ3v) is 4.85. The number of aromatic nitrogens is 2. The Morgan fingerprint density at radius 2 is 2.14 bits per heavy atom. The highest BCUT2D eigenvalue weighted by atomic mass is 32.2. The maximum Gasteiger partial charge on any atom is 0.243 e. The van der Waals surface area contributed by atoms with Crippen LogP contribution in [0, 0.1) is 0 Å². The second kappa shape index (κ2) is 6.95. The van der Waals surface area contributed by atoms with E-state index in [0.717, 1.165) is 11.0 Å². The molecule has 1 aromatic carbocycles. The first-order chi connectivity index (χ1) is 10.1. The van der Waals surface area contributed by atoms with Gasteiger partial charge in [-0.1, -0.05) is 12.1 Å². The van der Waals surface area contributed by atoms with E-state index in [2.05, 4.69) is 10.3 Å². The predicted molar refractivity (Wildman–Crippen MR) is 86.4 cm³/mol. The lowest BCUT2D eigenvalue weighted by atomic mass is 10.2. The summed E-state index contributed by atoms with van der Waals surface area (Å²) in [6.07, 6.45) is 3.62. The number of aliphatic hydroxyl groups excluding tert-OH is 1. The Morgan fingerprint density at radius 3 is 2.81 bits per heavy atom. The maximum atomic E-state index is 12.4. The smallest absolute Gasteiger partial charge is 0.243 e. The summed E-state index contributed by atoms with van der Waals surface area (Å²) in [7, 11) is 0. The molecule has 0 fully saturated rings. The van der Waals surface area contributed by atoms with Gasteiger partial charge in [-0.25, -0.2) is 4.98 Å². The van der Waals surface area contributed by atoms with Crippen LogP contribution in [-0.4, -0.2) is 44.7 Å². The summed E-state index contributed by atoms with van der Waals surface area (Å²) in [5.74, 6) is -0.0712. The van der Waals surface area contributed by atoms with Crippen molar-refractivity contribution in [2.24, 2.45) is 0 Å². The van der Waals surface area contributed by atoms with Crippen LogP contribution in [-0.2, 0) is 4.79 Å². The summed E-state index contributed by atoms with van der Waals surface area (Å²) >= 11 is 1.55. The summed E-state index contributed by atoms with van der Waals surface area (Å²) in [4.78, 5) is 16.7. The van der Waals surface area contributed by atoms with Gasteiger partial charge in [-0.15, -0.1) is 0 Å². The fourth-order valence-corrected chi connectivity index (χ4v) is 2.91. The third-order valence-electron chi connectivity index (χ3n) is 3.69. The molecular weight excluding hydrogens is 286 g/mol. The molecule has 3 unspecified atom stereocenters. The monoisotopic (exact) mass is 307 g/mol. The topological polar surface area (TPSA) is 67.2 Å². The van der Waals surface area contributed by atoms with Crippen LogP contribution in [0.4, 0.5) is 0 Å². The van der Waals surface area contributed by atoms with Crippen molar-refractivity contribution >= 4 is 28.7 Å². The molecule has 0 spiro atoms. The summed E-state index contributed by atoms with van der Waals surface area (Å²) in [6, 6.07) is 7.30. The van der Waals surface area contributed by atoms with Crippen LogP contribution in [0.25, 0.3) is 11.0 Å². The lowest BCUT2D eigenvalue weighted by Crippen LogP contribution is -2.43. The number of hydrogen-bond acceptors (Lipinski definition) is 4. The molecule has 21 heavy (non-hydrogen) atoms. The molecule has 0 saturated carbocycles. The highest BCUT2D eigenvalue weighted by molar-refractivity contribution is 7.99. The standard InChI is InChI=1S/C15H21N3O2S/c1-10(14(8-19)21-3)17-15(20)11(2)18-9-16-12-6-4-5-7-13(12)18/h4-7,9-11,14,19H,8H2,1-3H3,(H,17,20). The lowest BCUT2D eigenvalue weighted by Gasteiger charge is -2.23. The number of imidazole rings is 1. The highest BCUT2D eigenvalue weighted by Gasteiger charge is 2.22. The van der Waals surface area contributed by atoms with Gasteiger partial charge in [0.1, 0.15) is 6.04 Å². The first-order valence-corrected chi connectivity index (χ1v) is 8.22. The largest absolute Gasteiger partial charge is 0.395 e. The Bertz CT molecular complexity index is 610. The van der Waals surface area contributed by atoms with Crippen LogP contribution in [0.15, 0.2) is 30.6 Å². The first-order valence-electron chi connectivity index (χ1n) is 6.94. The van der Waals surface area contributed by atoms with Crippen LogP contribution < -0.4 is 5.32 Å². The van der Waals surface area contributed by atoms with E-state index in [1.54, 1.807) is 18.1 Å². The van der Waals surface area contributed by atoms with Gasteiger partial charge in [0.15, 0.2) is 0 Å². The zero-order valence-electron chi connectivity index (χ0n) is 12.5. The second-order valence-corrected chi connectivity index (χ2v) is 6.15. The molecule has 0 bridgehead atoms. The average molecular weight is 307 g/mol. The van der Waals surface area contributed by atoms with Crippen molar-refractivity contribution in [2.45, 2.75) is 31.2 Å². The van der Waals surface area contributed by atoms with Crippen LogP contribution in [0.2, 0.25) is 0 Å². The fourth-order valence-electron chi connectivity index (χ4n) is 2.29. The molecule has 0 saturated heterocycles. The number of thioether (sulfide) groups is 1. The van der Waals surface area contributed by atoms with Crippen molar-refractivity contribution < 1.29 is 9.90 Å². The fraction of sp³-hybridized carbons (Fsp3) is 0.467. The molecule has 2 aromatic rings. The minimum Gasteiger partial charge on any atom is -0.395 e. The quantitative estimate of drug-likeness (QED) is 0.854. The normalized spacial score (nSPS) is 15.6. The van der Waals surface area contributed by atoms with E-state index in [4.69, 9.17) is 0 Å². The van der Waals surface area contributed by atoms with Crippen molar-refractivity contribution in [2.75, 3.05) is 12.9 Å². The number of nitrogens with zero attached hydrogens (tertiary/aromatic N) is 2. The molecule has 6 heteroatoms. The highest BCUT2D eigenvalue weighted by Crippen LogP contribution is 2.18. The average Bonchev–Trinajstić information content (AvgIpc) is 2.91. The van der Waals surface area contributed by atoms with Crippen LogP contribution in [0.5, 0.6) is 0 Å². The van der Waals surface area contributed by atoms with Gasteiger partial charge < -0.3 is 15.0 Å². The van der Waals surface area contributed by atoms with E-state index in [-0.39, 0.29) is 29.8 Å². The summed E-state index contributed by atoms with van der Waals surface area (Å²) in [5.41, 5.74) is 1.82. The lowest BCUT2D eigenvalue weighted by molar-refractivity contribution is -0.124. The van der Waals surface area contributed by atoms with Crippen molar-refractivity contribution in [3.63, 3.8) is 0 Å². The van der Waals surface area contributed by atoms with E-state index in [9.17, 15) is 9.90 Å². The van der Waals surface area contributed by atoms with Crippen LogP contribution in [0.3, 0.4) is 0 Å². The van der Waals surface area contributed by atoms with Gasteiger partial charge >= 0.3 is 0 Å². The Labute approximate surface area is 128 Å². The zero-order chi connectivity index (χ0) is 15.4. The number of benzene rings is 1. The molecule has 0 aliphatic rings. The zero-order valence-corrected chi connectivity index (χ0v) is 13.3. The molecule has 114 valence electrons. The number of fused-ring (bicyclic) bond motifs is 1. The molecular formula is C15H21N3O2S. The molecule has 1 amide bonds. The summed E-state index contributed by atoms with van der Waals surface area (Å²) in [5, 5.41) is 12.3. The molecule has 2 rings (SSSR count). The van der Waals surface area contributed by atoms with Gasteiger partial charge in [0, 0.05) is 11.3 Å². The molecule has 0 aliphatic carbocycles. The number of hydrogen-bond donors (Lipinski definition) is 2. The molecule has 0 radical (unpaired) electrons. The first kappa shape index (κ1) is 15.9. The second-order valence-electron chi connectivity index (χ2n) is 5.07. The van der Waals surface area contributed by atoms with Gasteiger partial charge in [-0.05, 0) is 32.2 Å². The summed E-state index contributed by atoms with van der Waals surface area (Å²) < 4.78 is 1.87. The van der Waals surface area contributed by atoms with E-state index < -0.39 is 0 Å². The number of nitrogens with one attached hydrogen (secondary N) is 1. The number of amides is 1. The molecule has 0 aliphatic heterocycles. The number of carbonyl (C=O) groups excluding carboxylic acids is 1. The minimum absolute atomic E-state index is 0.000631. The number of rotatable bonds is 6. The molecule has 1 aromatic heterocycles. The Balaban J connectivity index is 2.12. The van der Waals surface area contributed by atoms with E-state index in [1.165, 1.54) is 0 Å². The molecule has 2 N–H and O–H groups in total. The Hall–Kier alpha value is -1.53. The van der Waals surface area contributed by atoms with Crippen LogP contribution in [0.1, 0.15) is 19.9 Å². The Morgan fingerprint density at radius 1 is 1.43 bits per heavy atom. The molecule has 1 heterocycles. The van der Waals surface area contributed by atoms with E-state index >= 15 is 0 Å². The van der Waals surface area contributed by atoms with Crippen molar-refractivity contribution in [1.29, 1.82) is 0 Å². The van der Waals surface area contributed by atoms with Gasteiger partial charge in [0.25, 0.3) is 0 Å². The van der Waals surface area contributed by atoms with Crippen LogP contribution >= 0.6 is 11.8 Å². The Kier molecular flexibility index (Phi) is 5.25.